The van der Waals surface area contributed by atoms with Crippen LogP contribution in [0.4, 0.5) is 0 Å². The summed E-state index contributed by atoms with van der Waals surface area (Å²) < 4.78 is 12.4. The Balaban J connectivity index is 0.00000137. The number of carboxylic acids is 1. The summed E-state index contributed by atoms with van der Waals surface area (Å²) in [5, 5.41) is 23.5. The fraction of sp³-hybridized carbons (Fsp3) is 0.720. The Morgan fingerprint density at radius 1 is 1.29 bits per heavy atom. The van der Waals surface area contributed by atoms with Crippen LogP contribution in [-0.2, 0) is 16.6 Å². The highest BCUT2D eigenvalue weighted by Gasteiger charge is 2.66. The normalized spacial score (nSPS) is 32.6. The zero-order chi connectivity index (χ0) is 22.0. The highest BCUT2D eigenvalue weighted by Crippen LogP contribution is 2.65. The van der Waals surface area contributed by atoms with Crippen LogP contribution in [0.15, 0.2) is 6.07 Å². The van der Waals surface area contributed by atoms with E-state index in [0.717, 1.165) is 43.9 Å². The lowest BCUT2D eigenvalue weighted by Crippen LogP contribution is -2.68. The zero-order valence-electron chi connectivity index (χ0n) is 19.6. The van der Waals surface area contributed by atoms with Gasteiger partial charge in [-0.05, 0) is 69.9 Å². The number of ether oxygens (including phenoxy) is 2. The lowest BCUT2D eigenvalue weighted by molar-refractivity contribution is -0.137. The maximum absolute atomic E-state index is 10.9. The van der Waals surface area contributed by atoms with Crippen molar-refractivity contribution >= 4 is 30.8 Å². The number of carboxylic acid groups (broad SMARTS) is 1. The van der Waals surface area contributed by atoms with Crippen LogP contribution >= 0.6 is 24.8 Å². The number of hydrogen-bond acceptors (Lipinski definition) is 6. The van der Waals surface area contributed by atoms with Crippen molar-refractivity contribution in [3.8, 4) is 17.2 Å². The third-order valence-corrected chi connectivity index (χ3v) is 8.90. The van der Waals surface area contributed by atoms with E-state index in [1.165, 1.54) is 30.5 Å². The Bertz CT molecular complexity index is 942. The molecule has 5 atom stereocenters. The molecule has 34 heavy (non-hydrogen) atoms. The molecule has 0 radical (unpaired) electrons. The van der Waals surface area contributed by atoms with Crippen LogP contribution < -0.4 is 14.8 Å². The molecule has 0 aromatic heterocycles. The van der Waals surface area contributed by atoms with E-state index in [2.05, 4.69) is 10.2 Å². The molecule has 1 spiro atoms. The molecule has 9 heteroatoms. The summed E-state index contributed by atoms with van der Waals surface area (Å²) in [7, 11) is 1.69. The molecule has 190 valence electrons. The lowest BCUT2D eigenvalue weighted by Gasteiger charge is -2.59. The summed E-state index contributed by atoms with van der Waals surface area (Å²) in [5.74, 6) is 2.29. The molecule has 7 nitrogen and oxygen atoms in total. The Labute approximate surface area is 213 Å². The van der Waals surface area contributed by atoms with Crippen molar-refractivity contribution in [1.82, 2.24) is 10.2 Å². The summed E-state index contributed by atoms with van der Waals surface area (Å²) in [5.41, 5.74) is 2.35. The minimum absolute atomic E-state index is 0. The van der Waals surface area contributed by atoms with Crippen molar-refractivity contribution in [3.05, 3.63) is 17.2 Å². The summed E-state index contributed by atoms with van der Waals surface area (Å²) in [4.78, 5) is 13.7. The average Bonchev–Trinajstić information content (AvgIpc) is 3.52. The van der Waals surface area contributed by atoms with Gasteiger partial charge in [0, 0.05) is 47.7 Å². The molecule has 1 aromatic carbocycles. The maximum atomic E-state index is 10.9. The second kappa shape index (κ2) is 9.57. The van der Waals surface area contributed by atoms with Gasteiger partial charge in [-0.1, -0.05) is 0 Å². The summed E-state index contributed by atoms with van der Waals surface area (Å²) in [6.45, 7) is 2.97. The second-order valence-corrected chi connectivity index (χ2v) is 10.6. The third-order valence-electron chi connectivity index (χ3n) is 8.90. The van der Waals surface area contributed by atoms with Crippen molar-refractivity contribution in [3.63, 3.8) is 0 Å². The number of nitrogens with zero attached hydrogens (tertiary/aromatic N) is 1. The van der Waals surface area contributed by atoms with Gasteiger partial charge in [-0.2, -0.15) is 0 Å². The van der Waals surface area contributed by atoms with Crippen LogP contribution in [0.25, 0.3) is 0 Å². The van der Waals surface area contributed by atoms with Crippen LogP contribution in [0.2, 0.25) is 0 Å². The molecular formula is C25H36Cl2N2O5. The lowest BCUT2D eigenvalue weighted by atomic mass is 9.51. The number of rotatable bonds is 8. The van der Waals surface area contributed by atoms with E-state index in [1.54, 1.807) is 13.2 Å². The van der Waals surface area contributed by atoms with Crippen LogP contribution in [0.3, 0.4) is 0 Å². The first-order valence-corrected chi connectivity index (χ1v) is 12.3. The molecule has 2 bridgehead atoms. The molecule has 2 heterocycles. The number of methoxy groups -OCH3 is 1. The number of hydrogen-bond donors (Lipinski definition) is 3. The number of aliphatic carboxylic acids is 1. The van der Waals surface area contributed by atoms with E-state index in [-0.39, 0.29) is 54.5 Å². The number of halogens is 2. The SMILES string of the molecule is COc1cc(O)c2c3c1C[C@@H]1[C@@H]4CC[C@H](NCCCC(=O)O)[C@H](O2)[C@]34CCN1CC1CC1.Cl.Cl. The Morgan fingerprint density at radius 3 is 2.79 bits per heavy atom. The fourth-order valence-electron chi connectivity index (χ4n) is 7.45. The molecule has 3 N–H and O–H groups in total. The van der Waals surface area contributed by atoms with Crippen molar-refractivity contribution in [2.24, 2.45) is 11.8 Å². The number of phenolic OH excluding ortho intramolecular Hbond substituents is 1. The number of nitrogens with one attached hydrogen (secondary N) is 1. The third kappa shape index (κ3) is 3.83. The first-order chi connectivity index (χ1) is 15.5. The van der Waals surface area contributed by atoms with E-state index in [9.17, 15) is 9.90 Å². The zero-order valence-corrected chi connectivity index (χ0v) is 21.3. The molecule has 1 saturated heterocycles. The number of likely N-dealkylation sites (tertiary alicyclic amines) is 1. The molecule has 6 rings (SSSR count). The Kier molecular flexibility index (Phi) is 7.22. The first kappa shape index (κ1) is 25.7. The van der Waals surface area contributed by atoms with E-state index < -0.39 is 5.97 Å². The van der Waals surface area contributed by atoms with E-state index >= 15 is 0 Å². The molecule has 1 aromatic rings. The van der Waals surface area contributed by atoms with Gasteiger partial charge in [0.05, 0.1) is 7.11 Å². The molecule has 3 aliphatic carbocycles. The molecule has 0 unspecified atom stereocenters. The van der Waals surface area contributed by atoms with Crippen molar-refractivity contribution < 1.29 is 24.5 Å². The predicted molar refractivity (Wildman–Crippen MR) is 133 cm³/mol. The minimum Gasteiger partial charge on any atom is -0.504 e. The number of piperidine rings is 1. The topological polar surface area (TPSA) is 91.3 Å². The largest absolute Gasteiger partial charge is 0.504 e. The summed E-state index contributed by atoms with van der Waals surface area (Å²) in [6.07, 6.45) is 7.69. The minimum atomic E-state index is -0.751. The highest BCUT2D eigenvalue weighted by atomic mass is 35.5. The van der Waals surface area contributed by atoms with Gasteiger partial charge in [-0.15, -0.1) is 24.8 Å². The van der Waals surface area contributed by atoms with E-state index in [4.69, 9.17) is 14.6 Å². The first-order valence-electron chi connectivity index (χ1n) is 12.3. The van der Waals surface area contributed by atoms with Crippen LogP contribution in [0, 0.1) is 11.8 Å². The predicted octanol–water partition coefficient (Wildman–Crippen LogP) is 3.52. The van der Waals surface area contributed by atoms with Gasteiger partial charge in [-0.25, -0.2) is 0 Å². The van der Waals surface area contributed by atoms with Crippen molar-refractivity contribution in [2.45, 2.75) is 75.0 Å². The van der Waals surface area contributed by atoms with Crippen LogP contribution in [0.1, 0.15) is 56.1 Å². The number of benzene rings is 1. The monoisotopic (exact) mass is 514 g/mol. The van der Waals surface area contributed by atoms with E-state index in [1.807, 2.05) is 0 Å². The van der Waals surface area contributed by atoms with Crippen molar-refractivity contribution in [1.29, 1.82) is 0 Å². The van der Waals surface area contributed by atoms with Gasteiger partial charge in [0.2, 0.25) is 0 Å². The molecule has 5 aliphatic rings. The van der Waals surface area contributed by atoms with Gasteiger partial charge in [-0.3, -0.25) is 9.69 Å². The van der Waals surface area contributed by atoms with Gasteiger partial charge in [0.15, 0.2) is 11.5 Å². The Morgan fingerprint density at radius 2 is 2.09 bits per heavy atom. The number of phenols is 1. The molecule has 0 amide bonds. The summed E-state index contributed by atoms with van der Waals surface area (Å²) >= 11 is 0. The smallest absolute Gasteiger partial charge is 0.303 e. The molecule has 3 fully saturated rings. The molecule has 2 aliphatic heterocycles. The Hall–Kier alpha value is -1.41. The van der Waals surface area contributed by atoms with Crippen LogP contribution in [0.5, 0.6) is 17.2 Å². The van der Waals surface area contributed by atoms with Gasteiger partial charge >= 0.3 is 5.97 Å². The quantitative estimate of drug-likeness (QED) is 0.457. The maximum Gasteiger partial charge on any atom is 0.303 e. The number of carbonyl (C=O) groups is 1. The molecular weight excluding hydrogens is 479 g/mol. The number of aromatic hydroxyl groups is 1. The highest BCUT2D eigenvalue weighted by molar-refractivity contribution is 5.85. The van der Waals surface area contributed by atoms with Gasteiger partial charge in [0.1, 0.15) is 11.9 Å². The van der Waals surface area contributed by atoms with Gasteiger partial charge in [0.25, 0.3) is 0 Å². The van der Waals surface area contributed by atoms with Gasteiger partial charge < -0.3 is 25.0 Å². The molecule has 2 saturated carbocycles. The fourth-order valence-corrected chi connectivity index (χ4v) is 7.45. The summed E-state index contributed by atoms with van der Waals surface area (Å²) in [6, 6.07) is 2.40. The second-order valence-electron chi connectivity index (χ2n) is 10.6. The van der Waals surface area contributed by atoms with E-state index in [0.29, 0.717) is 30.7 Å². The standard InChI is InChI=1S/C25H34N2O5.2ClH/c1-31-20-12-19(28)23-22-15(20)11-18-16-6-7-17(26-9-2-3-21(29)30)24(32-23)25(16,22)8-10-27(18)13-14-4-5-14;;/h12,14,16-18,24,26,28H,2-11,13H2,1H3,(H,29,30);2*1H/t16-,17-,18+,24-,25-;;/m0../s1. The van der Waals surface area contributed by atoms with Crippen molar-refractivity contribution in [2.75, 3.05) is 26.7 Å². The average molecular weight is 515 g/mol. The van der Waals surface area contributed by atoms with Crippen LogP contribution in [-0.4, -0.2) is 66.0 Å².